The molecule has 0 aliphatic heterocycles. The van der Waals surface area contributed by atoms with E-state index in [1.807, 2.05) is 6.07 Å². The molecule has 110 valence electrons. The second kappa shape index (κ2) is 7.75. The molecule has 1 aromatic carbocycles. The topological polar surface area (TPSA) is 41.1 Å². The Morgan fingerprint density at radius 2 is 1.80 bits per heavy atom. The van der Waals surface area contributed by atoms with Crippen molar-refractivity contribution in [2.45, 2.75) is 44.6 Å². The molecule has 0 atom stereocenters. The van der Waals surface area contributed by atoms with Crippen molar-refractivity contribution in [1.29, 1.82) is 0 Å². The third-order valence-corrected chi connectivity index (χ3v) is 4.33. The van der Waals surface area contributed by atoms with Crippen molar-refractivity contribution in [1.82, 2.24) is 5.32 Å². The molecular weight excluding hydrogens is 295 g/mol. The summed E-state index contributed by atoms with van der Waals surface area (Å²) in [5.41, 5.74) is 0.801. The fourth-order valence-electron chi connectivity index (χ4n) is 2.49. The molecule has 1 aliphatic rings. The molecule has 0 saturated heterocycles. The van der Waals surface area contributed by atoms with Crippen LogP contribution < -0.4 is 10.6 Å². The van der Waals surface area contributed by atoms with Gasteiger partial charge in [0.1, 0.15) is 0 Å². The van der Waals surface area contributed by atoms with Gasteiger partial charge in [0.2, 0.25) is 5.91 Å². The zero-order valence-corrected chi connectivity index (χ0v) is 12.9. The zero-order chi connectivity index (χ0) is 14.4. The second-order valence-corrected chi connectivity index (χ2v) is 6.05. The molecule has 5 heteroatoms. The van der Waals surface area contributed by atoms with Crippen molar-refractivity contribution in [2.75, 3.05) is 11.9 Å². The van der Waals surface area contributed by atoms with Crippen LogP contribution >= 0.6 is 23.2 Å². The Balaban J connectivity index is 1.77. The van der Waals surface area contributed by atoms with Gasteiger partial charge in [-0.15, -0.1) is 0 Å². The van der Waals surface area contributed by atoms with E-state index < -0.39 is 0 Å². The van der Waals surface area contributed by atoms with E-state index in [0.29, 0.717) is 16.1 Å². The average Bonchev–Trinajstić information content (AvgIpc) is 2.69. The molecule has 2 rings (SSSR count). The highest BCUT2D eigenvalue weighted by Crippen LogP contribution is 2.24. The Morgan fingerprint density at radius 1 is 1.10 bits per heavy atom. The molecule has 1 aromatic rings. The predicted octanol–water partition coefficient (Wildman–Crippen LogP) is 4.24. The fourth-order valence-corrected chi connectivity index (χ4v) is 2.79. The van der Waals surface area contributed by atoms with Crippen molar-refractivity contribution in [3.63, 3.8) is 0 Å². The molecule has 2 N–H and O–H groups in total. The van der Waals surface area contributed by atoms with Gasteiger partial charge >= 0.3 is 0 Å². The number of anilines is 1. The summed E-state index contributed by atoms with van der Waals surface area (Å²) in [6.07, 6.45) is 7.19. The lowest BCUT2D eigenvalue weighted by Gasteiger charge is -2.16. The maximum Gasteiger partial charge on any atom is 0.239 e. The van der Waals surface area contributed by atoms with Crippen LogP contribution in [0.15, 0.2) is 18.2 Å². The van der Waals surface area contributed by atoms with Crippen LogP contribution in [-0.4, -0.2) is 18.5 Å². The van der Waals surface area contributed by atoms with E-state index in [2.05, 4.69) is 10.6 Å². The van der Waals surface area contributed by atoms with Crippen LogP contribution in [0.5, 0.6) is 0 Å². The quantitative estimate of drug-likeness (QED) is 0.816. The summed E-state index contributed by atoms with van der Waals surface area (Å²) in [6.45, 7) is 0.258. The van der Waals surface area contributed by atoms with Gasteiger partial charge in [0.25, 0.3) is 0 Å². The summed E-state index contributed by atoms with van der Waals surface area (Å²) in [5.74, 6) is 0.0305. The molecule has 1 amide bonds. The van der Waals surface area contributed by atoms with E-state index in [0.717, 1.165) is 18.5 Å². The number of hydrogen-bond donors (Lipinski definition) is 2. The molecule has 0 radical (unpaired) electrons. The minimum atomic E-state index is 0.0305. The van der Waals surface area contributed by atoms with Gasteiger partial charge in [-0.1, -0.05) is 48.9 Å². The summed E-state index contributed by atoms with van der Waals surface area (Å²) in [7, 11) is 0. The van der Waals surface area contributed by atoms with Crippen LogP contribution in [-0.2, 0) is 4.79 Å². The molecule has 3 nitrogen and oxygen atoms in total. The van der Waals surface area contributed by atoms with E-state index >= 15 is 0 Å². The third kappa shape index (κ3) is 4.88. The first kappa shape index (κ1) is 15.5. The molecule has 20 heavy (non-hydrogen) atoms. The second-order valence-electron chi connectivity index (χ2n) is 5.24. The van der Waals surface area contributed by atoms with Crippen LogP contribution in [0.4, 0.5) is 5.69 Å². The SMILES string of the molecule is O=C(CNc1ccc(Cl)c(Cl)c1)NC1CCCCCC1. The lowest BCUT2D eigenvalue weighted by Crippen LogP contribution is -2.38. The summed E-state index contributed by atoms with van der Waals surface area (Å²) in [4.78, 5) is 11.9. The average molecular weight is 315 g/mol. The normalized spacial score (nSPS) is 16.5. The largest absolute Gasteiger partial charge is 0.376 e. The highest BCUT2D eigenvalue weighted by molar-refractivity contribution is 6.42. The number of carbonyl (C=O) groups excluding carboxylic acids is 1. The van der Waals surface area contributed by atoms with Gasteiger partial charge < -0.3 is 10.6 Å². The molecule has 0 aromatic heterocycles. The van der Waals surface area contributed by atoms with Gasteiger partial charge in [-0.2, -0.15) is 0 Å². The Kier molecular flexibility index (Phi) is 5.99. The van der Waals surface area contributed by atoms with E-state index in [-0.39, 0.29) is 12.5 Å². The number of hydrogen-bond acceptors (Lipinski definition) is 2. The standard InChI is InChI=1S/C15H20Cl2N2O/c16-13-8-7-12(9-14(13)17)18-10-15(20)19-11-5-3-1-2-4-6-11/h7-9,11,18H,1-6,10H2,(H,19,20). The highest BCUT2D eigenvalue weighted by atomic mass is 35.5. The number of carbonyl (C=O) groups is 1. The summed E-state index contributed by atoms with van der Waals surface area (Å²) in [6, 6.07) is 5.59. The van der Waals surface area contributed by atoms with E-state index in [9.17, 15) is 4.79 Å². The van der Waals surface area contributed by atoms with Crippen molar-refractivity contribution in [2.24, 2.45) is 0 Å². The zero-order valence-electron chi connectivity index (χ0n) is 11.4. The number of nitrogens with one attached hydrogen (secondary N) is 2. The Hall–Kier alpha value is -0.930. The van der Waals surface area contributed by atoms with Crippen molar-refractivity contribution in [3.8, 4) is 0 Å². The number of halogens is 2. The Labute approximate surface area is 130 Å². The Morgan fingerprint density at radius 3 is 2.45 bits per heavy atom. The lowest BCUT2D eigenvalue weighted by molar-refractivity contribution is -0.120. The van der Waals surface area contributed by atoms with E-state index in [4.69, 9.17) is 23.2 Å². The molecular formula is C15H20Cl2N2O. The maximum absolute atomic E-state index is 11.9. The minimum Gasteiger partial charge on any atom is -0.376 e. The van der Waals surface area contributed by atoms with Gasteiger partial charge in [0.05, 0.1) is 16.6 Å². The van der Waals surface area contributed by atoms with E-state index in [1.165, 1.54) is 25.7 Å². The minimum absolute atomic E-state index is 0.0305. The number of benzene rings is 1. The maximum atomic E-state index is 11.9. The van der Waals surface area contributed by atoms with Crippen LogP contribution in [0.1, 0.15) is 38.5 Å². The molecule has 0 spiro atoms. The van der Waals surface area contributed by atoms with Crippen molar-refractivity contribution < 1.29 is 4.79 Å². The predicted molar refractivity (Wildman–Crippen MR) is 84.6 cm³/mol. The van der Waals surface area contributed by atoms with Crippen LogP contribution in [0.3, 0.4) is 0 Å². The summed E-state index contributed by atoms with van der Waals surface area (Å²) in [5, 5.41) is 7.16. The van der Waals surface area contributed by atoms with Gasteiger partial charge in [0, 0.05) is 11.7 Å². The van der Waals surface area contributed by atoms with Gasteiger partial charge in [-0.25, -0.2) is 0 Å². The molecule has 1 fully saturated rings. The van der Waals surface area contributed by atoms with Gasteiger partial charge in [0.15, 0.2) is 0 Å². The first-order valence-electron chi connectivity index (χ1n) is 7.13. The molecule has 1 aliphatic carbocycles. The van der Waals surface area contributed by atoms with Crippen molar-refractivity contribution >= 4 is 34.8 Å². The third-order valence-electron chi connectivity index (χ3n) is 3.59. The van der Waals surface area contributed by atoms with E-state index in [1.54, 1.807) is 12.1 Å². The molecule has 0 unspecified atom stereocenters. The molecule has 0 bridgehead atoms. The lowest BCUT2D eigenvalue weighted by atomic mass is 10.1. The molecule has 0 heterocycles. The van der Waals surface area contributed by atoms with Crippen LogP contribution in [0, 0.1) is 0 Å². The van der Waals surface area contributed by atoms with Crippen LogP contribution in [0.2, 0.25) is 10.0 Å². The fraction of sp³-hybridized carbons (Fsp3) is 0.533. The Bertz CT molecular complexity index is 457. The monoisotopic (exact) mass is 314 g/mol. The van der Waals surface area contributed by atoms with Gasteiger partial charge in [-0.3, -0.25) is 4.79 Å². The smallest absolute Gasteiger partial charge is 0.239 e. The first-order chi connectivity index (χ1) is 9.65. The van der Waals surface area contributed by atoms with Gasteiger partial charge in [-0.05, 0) is 31.0 Å². The summed E-state index contributed by atoms with van der Waals surface area (Å²) >= 11 is 11.8. The van der Waals surface area contributed by atoms with Crippen LogP contribution in [0.25, 0.3) is 0 Å². The first-order valence-corrected chi connectivity index (χ1v) is 7.89. The number of amides is 1. The highest BCUT2D eigenvalue weighted by Gasteiger charge is 2.14. The number of rotatable bonds is 4. The molecule has 1 saturated carbocycles. The summed E-state index contributed by atoms with van der Waals surface area (Å²) < 4.78 is 0. The van der Waals surface area contributed by atoms with Crippen molar-refractivity contribution in [3.05, 3.63) is 28.2 Å².